The lowest BCUT2D eigenvalue weighted by molar-refractivity contribution is -0.136. The second-order valence-corrected chi connectivity index (χ2v) is 9.67. The molecule has 4 rings (SSSR count). The van der Waals surface area contributed by atoms with E-state index in [0.29, 0.717) is 17.5 Å². The molecule has 36 heavy (non-hydrogen) atoms. The van der Waals surface area contributed by atoms with Crippen molar-refractivity contribution in [3.8, 4) is 0 Å². The highest BCUT2D eigenvalue weighted by Crippen LogP contribution is 2.31. The molecule has 2 saturated heterocycles. The topological polar surface area (TPSA) is 119 Å². The van der Waals surface area contributed by atoms with Crippen LogP contribution in [0.1, 0.15) is 72.6 Å². The van der Waals surface area contributed by atoms with Crippen LogP contribution in [0, 0.1) is 0 Å². The summed E-state index contributed by atoms with van der Waals surface area (Å²) in [4.78, 5) is 67.0. The molecule has 0 aromatic heterocycles. The minimum atomic E-state index is -0.951. The minimum Gasteiger partial charge on any atom is -0.369 e. The average Bonchev–Trinajstić information content (AvgIpc) is 3.12. The lowest BCUT2D eigenvalue weighted by Crippen LogP contribution is -2.54. The van der Waals surface area contributed by atoms with Gasteiger partial charge in [0.05, 0.1) is 11.1 Å². The summed E-state index contributed by atoms with van der Waals surface area (Å²) >= 11 is 0. The van der Waals surface area contributed by atoms with Gasteiger partial charge in [0.1, 0.15) is 6.04 Å². The Hall–Kier alpha value is -3.27. The molecule has 194 valence electrons. The summed E-state index contributed by atoms with van der Waals surface area (Å²) in [6.07, 6.45) is 4.81. The van der Waals surface area contributed by atoms with E-state index in [1.165, 1.54) is 0 Å². The number of hydrogen-bond acceptors (Lipinski definition) is 7. The molecule has 1 aromatic rings. The first kappa shape index (κ1) is 25.8. The maximum Gasteiger partial charge on any atom is 0.262 e. The molecule has 10 nitrogen and oxygen atoms in total. The van der Waals surface area contributed by atoms with Crippen molar-refractivity contribution in [2.75, 3.05) is 44.2 Å². The van der Waals surface area contributed by atoms with Crippen molar-refractivity contribution in [3.63, 3.8) is 0 Å². The average molecular weight is 498 g/mol. The monoisotopic (exact) mass is 497 g/mol. The van der Waals surface area contributed by atoms with Crippen molar-refractivity contribution < 1.29 is 24.0 Å². The van der Waals surface area contributed by atoms with Gasteiger partial charge < -0.3 is 10.2 Å². The van der Waals surface area contributed by atoms with E-state index in [9.17, 15) is 24.0 Å². The molecule has 3 aliphatic rings. The molecule has 10 heteroatoms. The number of unbranched alkanes of at least 4 members (excludes halogenated alkanes) is 2. The van der Waals surface area contributed by atoms with Gasteiger partial charge in [-0.05, 0) is 50.4 Å². The predicted molar refractivity (Wildman–Crippen MR) is 134 cm³/mol. The summed E-state index contributed by atoms with van der Waals surface area (Å²) in [5.74, 6) is -1.81. The van der Waals surface area contributed by atoms with Crippen LogP contribution < -0.4 is 15.5 Å². The number of rotatable bonds is 10. The standard InChI is InChI=1S/C26H35N5O5/c1-2-11-27-22(32)6-4-3-5-12-29-13-15-30(16-14-29)18-7-8-19-20(17-18)26(36)31(25(19)35)21-9-10-23(33)28-24(21)34/h7-8,17,21H,2-6,9-16H2,1H3,(H,27,32)(H,28,33,34). The first-order valence-electron chi connectivity index (χ1n) is 13.0. The lowest BCUT2D eigenvalue weighted by Gasteiger charge is -2.36. The van der Waals surface area contributed by atoms with Gasteiger partial charge in [0.15, 0.2) is 0 Å². The molecular weight excluding hydrogens is 462 g/mol. The molecule has 2 N–H and O–H groups in total. The Balaban J connectivity index is 1.26. The Labute approximate surface area is 211 Å². The number of benzene rings is 1. The van der Waals surface area contributed by atoms with E-state index in [0.717, 1.165) is 75.5 Å². The second kappa shape index (κ2) is 11.6. The highest BCUT2D eigenvalue weighted by atomic mass is 16.2. The first-order chi connectivity index (χ1) is 17.4. The number of amides is 5. The van der Waals surface area contributed by atoms with E-state index in [1.807, 2.05) is 13.0 Å². The Morgan fingerprint density at radius 1 is 1.00 bits per heavy atom. The largest absolute Gasteiger partial charge is 0.369 e. The third kappa shape index (κ3) is 5.75. The van der Waals surface area contributed by atoms with E-state index in [2.05, 4.69) is 20.4 Å². The van der Waals surface area contributed by atoms with E-state index in [1.54, 1.807) is 12.1 Å². The van der Waals surface area contributed by atoms with Crippen LogP contribution in [0.15, 0.2) is 18.2 Å². The Kier molecular flexibility index (Phi) is 8.35. The van der Waals surface area contributed by atoms with E-state index in [-0.39, 0.29) is 24.7 Å². The smallest absolute Gasteiger partial charge is 0.262 e. The molecule has 3 aliphatic heterocycles. The Morgan fingerprint density at radius 3 is 2.47 bits per heavy atom. The van der Waals surface area contributed by atoms with Gasteiger partial charge >= 0.3 is 0 Å². The van der Waals surface area contributed by atoms with E-state index in [4.69, 9.17) is 0 Å². The van der Waals surface area contributed by atoms with Gasteiger partial charge in [-0.2, -0.15) is 0 Å². The fraction of sp³-hybridized carbons (Fsp3) is 0.577. The third-order valence-corrected chi connectivity index (χ3v) is 7.11. The Bertz CT molecular complexity index is 1030. The summed E-state index contributed by atoms with van der Waals surface area (Å²) in [7, 11) is 0. The molecule has 2 fully saturated rings. The SMILES string of the molecule is CCCNC(=O)CCCCCN1CCN(c2ccc3c(c2)C(=O)N(C2CCC(=O)NC2=O)C3=O)CC1. The third-order valence-electron chi connectivity index (χ3n) is 7.11. The normalized spacial score (nSPS) is 20.5. The summed E-state index contributed by atoms with van der Waals surface area (Å²) < 4.78 is 0. The van der Waals surface area contributed by atoms with Crippen molar-refractivity contribution in [2.45, 2.75) is 57.9 Å². The molecule has 0 saturated carbocycles. The zero-order valence-electron chi connectivity index (χ0n) is 20.9. The van der Waals surface area contributed by atoms with Crippen molar-refractivity contribution in [2.24, 2.45) is 0 Å². The highest BCUT2D eigenvalue weighted by Gasteiger charge is 2.44. The van der Waals surface area contributed by atoms with Crippen molar-refractivity contribution in [3.05, 3.63) is 29.3 Å². The number of piperazine rings is 1. The number of hydrogen-bond donors (Lipinski definition) is 2. The quantitative estimate of drug-likeness (QED) is 0.369. The van der Waals surface area contributed by atoms with Gasteiger partial charge in [0.25, 0.3) is 11.8 Å². The van der Waals surface area contributed by atoms with Crippen LogP contribution in [0.4, 0.5) is 5.69 Å². The molecule has 5 amide bonds. The molecule has 0 radical (unpaired) electrons. The zero-order chi connectivity index (χ0) is 25.7. The molecule has 3 heterocycles. The van der Waals surface area contributed by atoms with Gasteiger partial charge in [-0.15, -0.1) is 0 Å². The van der Waals surface area contributed by atoms with Crippen molar-refractivity contribution in [1.82, 2.24) is 20.4 Å². The van der Waals surface area contributed by atoms with Crippen LogP contribution in [0.25, 0.3) is 0 Å². The molecule has 0 spiro atoms. The molecule has 1 aromatic carbocycles. The molecule has 1 atom stereocenters. The van der Waals surface area contributed by atoms with Gasteiger partial charge in [-0.1, -0.05) is 13.3 Å². The summed E-state index contributed by atoms with van der Waals surface area (Å²) in [5.41, 5.74) is 1.50. The number of nitrogens with zero attached hydrogens (tertiary/aromatic N) is 3. The fourth-order valence-corrected chi connectivity index (χ4v) is 5.04. The number of carbonyl (C=O) groups is 5. The molecule has 0 bridgehead atoms. The Morgan fingerprint density at radius 2 is 1.75 bits per heavy atom. The van der Waals surface area contributed by atoms with Gasteiger partial charge in [0, 0.05) is 51.3 Å². The van der Waals surface area contributed by atoms with E-state index >= 15 is 0 Å². The predicted octanol–water partition coefficient (Wildman–Crippen LogP) is 1.30. The summed E-state index contributed by atoms with van der Waals surface area (Å²) in [6.45, 7) is 7.24. The minimum absolute atomic E-state index is 0.105. The molecule has 0 aliphatic carbocycles. The summed E-state index contributed by atoms with van der Waals surface area (Å²) in [6, 6.07) is 4.32. The van der Waals surface area contributed by atoms with Crippen LogP contribution in [0.3, 0.4) is 0 Å². The first-order valence-corrected chi connectivity index (χ1v) is 13.0. The molecular formula is C26H35N5O5. The van der Waals surface area contributed by atoms with Crippen LogP contribution >= 0.6 is 0 Å². The van der Waals surface area contributed by atoms with Gasteiger partial charge in [-0.3, -0.25) is 39.1 Å². The van der Waals surface area contributed by atoms with E-state index < -0.39 is 23.8 Å². The number of fused-ring (bicyclic) bond motifs is 1. The van der Waals surface area contributed by atoms with Crippen LogP contribution in [-0.2, 0) is 14.4 Å². The maximum absolute atomic E-state index is 13.1. The van der Waals surface area contributed by atoms with Crippen molar-refractivity contribution >= 4 is 35.2 Å². The van der Waals surface area contributed by atoms with Gasteiger partial charge in [-0.25, -0.2) is 0 Å². The lowest BCUT2D eigenvalue weighted by atomic mass is 10.0. The number of carbonyl (C=O) groups excluding carboxylic acids is 5. The number of anilines is 1. The van der Waals surface area contributed by atoms with Gasteiger partial charge in [0.2, 0.25) is 17.7 Å². The number of nitrogens with one attached hydrogen (secondary N) is 2. The summed E-state index contributed by atoms with van der Waals surface area (Å²) in [5, 5.41) is 5.13. The van der Waals surface area contributed by atoms with Crippen LogP contribution in [0.5, 0.6) is 0 Å². The van der Waals surface area contributed by atoms with Crippen LogP contribution in [0.2, 0.25) is 0 Å². The fourth-order valence-electron chi connectivity index (χ4n) is 5.04. The second-order valence-electron chi connectivity index (χ2n) is 9.67. The number of imide groups is 2. The highest BCUT2D eigenvalue weighted by molar-refractivity contribution is 6.23. The van der Waals surface area contributed by atoms with Crippen molar-refractivity contribution in [1.29, 1.82) is 0 Å². The number of piperidine rings is 1. The molecule has 1 unspecified atom stereocenters. The zero-order valence-corrected chi connectivity index (χ0v) is 20.9. The van der Waals surface area contributed by atoms with Crippen LogP contribution in [-0.4, -0.2) is 84.6 Å². The maximum atomic E-state index is 13.1.